The number of anilines is 2. The van der Waals surface area contributed by atoms with Crippen molar-refractivity contribution in [3.63, 3.8) is 0 Å². The van der Waals surface area contributed by atoms with Crippen molar-refractivity contribution < 1.29 is 9.90 Å². The van der Waals surface area contributed by atoms with E-state index in [1.807, 2.05) is 32.0 Å². The van der Waals surface area contributed by atoms with E-state index in [-0.39, 0.29) is 12.1 Å². The molecule has 0 spiro atoms. The molecule has 6 heteroatoms. The average molecular weight is 348 g/mol. The van der Waals surface area contributed by atoms with Crippen LogP contribution in [0.15, 0.2) is 24.3 Å². The predicted octanol–water partition coefficient (Wildman–Crippen LogP) is 2.45. The van der Waals surface area contributed by atoms with Crippen molar-refractivity contribution in [3.8, 4) is 0 Å². The largest absolute Gasteiger partial charge is 0.392 e. The van der Waals surface area contributed by atoms with Gasteiger partial charge in [0.25, 0.3) is 0 Å². The fourth-order valence-corrected chi connectivity index (χ4v) is 3.16. The minimum Gasteiger partial charge on any atom is -0.392 e. The van der Waals surface area contributed by atoms with Gasteiger partial charge in [0.1, 0.15) is 0 Å². The lowest BCUT2D eigenvalue weighted by Crippen LogP contribution is -2.47. The Balaban J connectivity index is 2.11. The van der Waals surface area contributed by atoms with Crippen LogP contribution in [0.1, 0.15) is 27.7 Å². The first-order valence-electron chi connectivity index (χ1n) is 9.24. The molecule has 25 heavy (non-hydrogen) atoms. The number of likely N-dealkylation sites (N-methyl/N-ethyl adjacent to an activating group) is 1. The number of hydrogen-bond acceptors (Lipinski definition) is 4. The Bertz CT molecular complexity index is 554. The molecular formula is C19H32N4O2. The minimum absolute atomic E-state index is 0.0230. The van der Waals surface area contributed by atoms with E-state index in [1.54, 1.807) is 11.8 Å². The second-order valence-electron chi connectivity index (χ2n) is 6.96. The third-order valence-corrected chi connectivity index (χ3v) is 4.65. The van der Waals surface area contributed by atoms with Gasteiger partial charge in [0.05, 0.1) is 17.5 Å². The van der Waals surface area contributed by atoms with Crippen LogP contribution in [0.4, 0.5) is 16.2 Å². The molecule has 2 amide bonds. The van der Waals surface area contributed by atoms with Crippen LogP contribution >= 0.6 is 0 Å². The Hall–Kier alpha value is -1.79. The Morgan fingerprint density at radius 3 is 2.40 bits per heavy atom. The molecule has 1 unspecified atom stereocenters. The fourth-order valence-electron chi connectivity index (χ4n) is 3.16. The van der Waals surface area contributed by atoms with Crippen LogP contribution in [-0.4, -0.2) is 72.4 Å². The van der Waals surface area contributed by atoms with E-state index in [0.717, 1.165) is 44.1 Å². The Morgan fingerprint density at radius 1 is 1.20 bits per heavy atom. The van der Waals surface area contributed by atoms with Gasteiger partial charge in [-0.05, 0) is 39.4 Å². The maximum Gasteiger partial charge on any atom is 0.322 e. The molecule has 1 saturated heterocycles. The van der Waals surface area contributed by atoms with Gasteiger partial charge in [-0.25, -0.2) is 4.79 Å². The summed E-state index contributed by atoms with van der Waals surface area (Å²) in [7, 11) is 0. The number of benzene rings is 1. The molecule has 0 aliphatic carbocycles. The number of nitrogens with zero attached hydrogens (tertiary/aromatic N) is 3. The van der Waals surface area contributed by atoms with Gasteiger partial charge in [0, 0.05) is 38.8 Å². The SMILES string of the molecule is CCN1CCN(c2ccccc2NC(=O)N(CC(C)O)C(C)C)CC1. The van der Waals surface area contributed by atoms with Crippen LogP contribution in [0.5, 0.6) is 0 Å². The number of carbonyl (C=O) groups excluding carboxylic acids is 1. The third-order valence-electron chi connectivity index (χ3n) is 4.65. The number of rotatable bonds is 6. The molecule has 0 aromatic heterocycles. The lowest BCUT2D eigenvalue weighted by atomic mass is 10.2. The van der Waals surface area contributed by atoms with Crippen LogP contribution in [0.3, 0.4) is 0 Å². The molecule has 1 aromatic rings. The quantitative estimate of drug-likeness (QED) is 0.829. The highest BCUT2D eigenvalue weighted by atomic mass is 16.3. The zero-order chi connectivity index (χ0) is 18.4. The minimum atomic E-state index is -0.550. The van der Waals surface area contributed by atoms with E-state index < -0.39 is 6.10 Å². The van der Waals surface area contributed by atoms with E-state index in [1.165, 1.54) is 0 Å². The highest BCUT2D eigenvalue weighted by Crippen LogP contribution is 2.27. The molecule has 1 atom stereocenters. The molecule has 140 valence electrons. The number of piperazine rings is 1. The monoisotopic (exact) mass is 348 g/mol. The summed E-state index contributed by atoms with van der Waals surface area (Å²) in [5.41, 5.74) is 1.89. The normalized spacial score (nSPS) is 16.8. The van der Waals surface area contributed by atoms with Crippen molar-refractivity contribution in [1.82, 2.24) is 9.80 Å². The molecule has 6 nitrogen and oxygen atoms in total. The Labute approximate surface area is 151 Å². The summed E-state index contributed by atoms with van der Waals surface area (Å²) < 4.78 is 0. The molecule has 1 aliphatic heterocycles. The van der Waals surface area contributed by atoms with E-state index in [2.05, 4.69) is 28.1 Å². The first-order valence-corrected chi connectivity index (χ1v) is 9.24. The second-order valence-corrected chi connectivity index (χ2v) is 6.96. The predicted molar refractivity (Wildman–Crippen MR) is 103 cm³/mol. The molecule has 0 bridgehead atoms. The summed E-state index contributed by atoms with van der Waals surface area (Å²) in [4.78, 5) is 19.1. The average Bonchev–Trinajstić information content (AvgIpc) is 2.60. The smallest absolute Gasteiger partial charge is 0.322 e. The summed E-state index contributed by atoms with van der Waals surface area (Å²) >= 11 is 0. The number of carbonyl (C=O) groups is 1. The first-order chi connectivity index (χ1) is 11.9. The number of aliphatic hydroxyl groups is 1. The van der Waals surface area contributed by atoms with Gasteiger partial charge < -0.3 is 25.1 Å². The highest BCUT2D eigenvalue weighted by Gasteiger charge is 2.22. The molecule has 0 saturated carbocycles. The van der Waals surface area contributed by atoms with Crippen LogP contribution < -0.4 is 10.2 Å². The molecule has 1 aliphatic rings. The summed E-state index contributed by atoms with van der Waals surface area (Å²) in [5, 5.41) is 12.7. The van der Waals surface area contributed by atoms with Gasteiger partial charge in [-0.15, -0.1) is 0 Å². The number of nitrogens with one attached hydrogen (secondary N) is 1. The van der Waals surface area contributed by atoms with Gasteiger partial charge in [0.2, 0.25) is 0 Å². The summed E-state index contributed by atoms with van der Waals surface area (Å²) in [6, 6.07) is 7.81. The van der Waals surface area contributed by atoms with Gasteiger partial charge in [-0.3, -0.25) is 0 Å². The van der Waals surface area contributed by atoms with Crippen molar-refractivity contribution in [1.29, 1.82) is 0 Å². The standard InChI is InChI=1S/C19H32N4O2/c1-5-21-10-12-22(13-11-21)18-9-7-6-8-17(18)20-19(25)23(15(2)3)14-16(4)24/h6-9,15-16,24H,5,10-14H2,1-4H3,(H,20,25). The maximum absolute atomic E-state index is 12.7. The van der Waals surface area contributed by atoms with E-state index in [0.29, 0.717) is 6.54 Å². The highest BCUT2D eigenvalue weighted by molar-refractivity contribution is 5.93. The number of urea groups is 1. The van der Waals surface area contributed by atoms with Gasteiger partial charge >= 0.3 is 6.03 Å². The third kappa shape index (κ3) is 5.34. The van der Waals surface area contributed by atoms with Crippen molar-refractivity contribution in [2.24, 2.45) is 0 Å². The van der Waals surface area contributed by atoms with Crippen molar-refractivity contribution in [2.45, 2.75) is 39.8 Å². The molecule has 1 aromatic carbocycles. The molecule has 2 N–H and O–H groups in total. The fraction of sp³-hybridized carbons (Fsp3) is 0.632. The van der Waals surface area contributed by atoms with Crippen LogP contribution in [-0.2, 0) is 0 Å². The number of para-hydroxylation sites is 2. The van der Waals surface area contributed by atoms with Gasteiger partial charge in [0.15, 0.2) is 0 Å². The topological polar surface area (TPSA) is 59.0 Å². The van der Waals surface area contributed by atoms with E-state index >= 15 is 0 Å². The number of amides is 2. The molecule has 1 fully saturated rings. The van der Waals surface area contributed by atoms with Crippen LogP contribution in [0.2, 0.25) is 0 Å². The van der Waals surface area contributed by atoms with Crippen LogP contribution in [0, 0.1) is 0 Å². The van der Waals surface area contributed by atoms with Crippen LogP contribution in [0.25, 0.3) is 0 Å². The zero-order valence-electron chi connectivity index (χ0n) is 15.9. The molecule has 1 heterocycles. The second kappa shape index (κ2) is 9.06. The maximum atomic E-state index is 12.7. The lowest BCUT2D eigenvalue weighted by molar-refractivity contribution is 0.125. The zero-order valence-corrected chi connectivity index (χ0v) is 15.9. The molecule has 2 rings (SSSR count). The summed E-state index contributed by atoms with van der Waals surface area (Å²) in [5.74, 6) is 0. The van der Waals surface area contributed by atoms with Crippen molar-refractivity contribution in [2.75, 3.05) is 49.5 Å². The Morgan fingerprint density at radius 2 is 1.84 bits per heavy atom. The summed E-state index contributed by atoms with van der Waals surface area (Å²) in [6.07, 6.45) is -0.550. The van der Waals surface area contributed by atoms with Gasteiger partial charge in [-0.2, -0.15) is 0 Å². The van der Waals surface area contributed by atoms with E-state index in [4.69, 9.17) is 0 Å². The lowest BCUT2D eigenvalue weighted by Gasteiger charge is -2.36. The Kier molecular flexibility index (Phi) is 7.08. The molecule has 0 radical (unpaired) electrons. The number of aliphatic hydroxyl groups excluding tert-OH is 1. The summed E-state index contributed by atoms with van der Waals surface area (Å²) in [6.45, 7) is 13.2. The first kappa shape index (κ1) is 19.5. The van der Waals surface area contributed by atoms with Crippen molar-refractivity contribution in [3.05, 3.63) is 24.3 Å². The van der Waals surface area contributed by atoms with E-state index in [9.17, 15) is 9.90 Å². The number of hydrogen-bond donors (Lipinski definition) is 2. The van der Waals surface area contributed by atoms with Crippen molar-refractivity contribution >= 4 is 17.4 Å². The molecular weight excluding hydrogens is 316 g/mol. The van der Waals surface area contributed by atoms with Gasteiger partial charge in [-0.1, -0.05) is 19.1 Å².